The van der Waals surface area contributed by atoms with Crippen LogP contribution in [0.1, 0.15) is 303 Å². The number of unbranched alkanes of at least 4 members (excludes halogenated alkanes) is 33. The molecule has 1 fully saturated rings. The quantitative estimate of drug-likeness (QED) is 0.0228. The second-order valence-electron chi connectivity index (χ2n) is 22.7. The summed E-state index contributed by atoms with van der Waals surface area (Å²) < 4.78 is 28.6. The lowest BCUT2D eigenvalue weighted by Gasteiger charge is -2.40. The van der Waals surface area contributed by atoms with Crippen LogP contribution in [0.25, 0.3) is 0 Å². The third-order valence-corrected chi connectivity index (χ3v) is 15.1. The van der Waals surface area contributed by atoms with Gasteiger partial charge in [-0.3, -0.25) is 14.4 Å². The SMILES string of the molecule is CC/C=C\C/C=C\C/C=C\CCCCCCCCCC(=O)OCC(COC1OC(C(=O)O)C(O)C(O)C1OC(=O)CCCCCCCCC/C=C\C/C=C\CCCCC)OC(=O)CCCCCCCCCCCCCCCCCCC. The van der Waals surface area contributed by atoms with Gasteiger partial charge in [-0.2, -0.15) is 0 Å². The molecule has 0 aromatic carbocycles. The van der Waals surface area contributed by atoms with Crippen LogP contribution in [0.15, 0.2) is 60.8 Å². The van der Waals surface area contributed by atoms with Gasteiger partial charge in [0, 0.05) is 19.3 Å². The number of ether oxygens (including phenoxy) is 5. The lowest BCUT2D eigenvalue weighted by Crippen LogP contribution is -2.61. The van der Waals surface area contributed by atoms with Crippen LogP contribution in [0.5, 0.6) is 0 Å². The Morgan fingerprint density at radius 3 is 1.21 bits per heavy atom. The van der Waals surface area contributed by atoms with Crippen molar-refractivity contribution in [3.63, 3.8) is 0 Å². The van der Waals surface area contributed by atoms with E-state index >= 15 is 0 Å². The monoisotopic (exact) mass is 1140 g/mol. The molecule has 0 aliphatic carbocycles. The Kier molecular flexibility index (Phi) is 53.0. The van der Waals surface area contributed by atoms with Crippen LogP contribution in [0.3, 0.4) is 0 Å². The third kappa shape index (κ3) is 46.5. The molecule has 81 heavy (non-hydrogen) atoms. The fourth-order valence-electron chi connectivity index (χ4n) is 10.0. The van der Waals surface area contributed by atoms with Gasteiger partial charge in [-0.05, 0) is 83.5 Å². The van der Waals surface area contributed by atoms with Crippen LogP contribution >= 0.6 is 0 Å². The highest BCUT2D eigenvalue weighted by Gasteiger charge is 2.50. The highest BCUT2D eigenvalue weighted by Crippen LogP contribution is 2.27. The summed E-state index contributed by atoms with van der Waals surface area (Å²) >= 11 is 0. The van der Waals surface area contributed by atoms with E-state index in [1.165, 1.54) is 116 Å². The molecule has 0 saturated carbocycles. The number of aliphatic hydroxyl groups excluding tert-OH is 2. The summed E-state index contributed by atoms with van der Waals surface area (Å²) in [6.45, 7) is 5.90. The first-order chi connectivity index (χ1) is 39.6. The minimum Gasteiger partial charge on any atom is -0.479 e. The molecular weight excluding hydrogens is 1020 g/mol. The minimum absolute atomic E-state index is 0.0517. The Hall–Kier alpha value is -3.58. The number of aliphatic hydroxyl groups is 2. The summed E-state index contributed by atoms with van der Waals surface area (Å²) in [6, 6.07) is 0. The average Bonchev–Trinajstić information content (AvgIpc) is 3.53. The van der Waals surface area contributed by atoms with Crippen molar-refractivity contribution in [2.75, 3.05) is 13.2 Å². The number of carboxylic acid groups (broad SMARTS) is 1. The van der Waals surface area contributed by atoms with E-state index < -0.39 is 67.3 Å². The molecule has 6 unspecified atom stereocenters. The Labute approximate surface area is 494 Å². The van der Waals surface area contributed by atoms with E-state index in [-0.39, 0.29) is 25.9 Å². The molecule has 1 saturated heterocycles. The van der Waals surface area contributed by atoms with Crippen molar-refractivity contribution in [1.29, 1.82) is 0 Å². The zero-order valence-corrected chi connectivity index (χ0v) is 51.8. The minimum atomic E-state index is -1.91. The van der Waals surface area contributed by atoms with Crippen LogP contribution in [0, 0.1) is 0 Å². The zero-order chi connectivity index (χ0) is 58.9. The molecule has 1 aliphatic rings. The summed E-state index contributed by atoms with van der Waals surface area (Å²) in [6.07, 6.45) is 58.8. The summed E-state index contributed by atoms with van der Waals surface area (Å²) in [5, 5.41) is 31.6. The maximum Gasteiger partial charge on any atom is 0.335 e. The Morgan fingerprint density at radius 2 is 0.778 bits per heavy atom. The summed E-state index contributed by atoms with van der Waals surface area (Å²) in [7, 11) is 0. The number of esters is 3. The summed E-state index contributed by atoms with van der Waals surface area (Å²) in [5.74, 6) is -3.12. The van der Waals surface area contributed by atoms with Crippen molar-refractivity contribution in [1.82, 2.24) is 0 Å². The molecule has 12 heteroatoms. The maximum absolute atomic E-state index is 13.2. The fourth-order valence-corrected chi connectivity index (χ4v) is 10.0. The van der Waals surface area contributed by atoms with Gasteiger partial charge < -0.3 is 39.0 Å². The van der Waals surface area contributed by atoms with Crippen molar-refractivity contribution >= 4 is 23.9 Å². The van der Waals surface area contributed by atoms with E-state index in [4.69, 9.17) is 23.7 Å². The van der Waals surface area contributed by atoms with Crippen molar-refractivity contribution in [2.45, 2.75) is 340 Å². The van der Waals surface area contributed by atoms with Crippen LogP contribution in [-0.4, -0.2) is 89.2 Å². The van der Waals surface area contributed by atoms with Gasteiger partial charge in [0.15, 0.2) is 24.6 Å². The highest BCUT2D eigenvalue weighted by atomic mass is 16.7. The van der Waals surface area contributed by atoms with E-state index in [9.17, 15) is 34.5 Å². The Balaban J connectivity index is 2.65. The second-order valence-corrected chi connectivity index (χ2v) is 22.7. The maximum atomic E-state index is 13.2. The lowest BCUT2D eigenvalue weighted by atomic mass is 9.98. The van der Waals surface area contributed by atoms with Crippen LogP contribution in [-0.2, 0) is 42.9 Å². The number of aliphatic carboxylic acids is 1. The summed E-state index contributed by atoms with van der Waals surface area (Å²) in [5.41, 5.74) is 0. The van der Waals surface area contributed by atoms with Gasteiger partial charge in [-0.25, -0.2) is 4.79 Å². The topological polar surface area (TPSA) is 175 Å². The fraction of sp³-hybridized carbons (Fsp3) is 0.797. The number of allylic oxidation sites excluding steroid dienone is 10. The van der Waals surface area contributed by atoms with E-state index in [1.807, 2.05) is 0 Å². The molecule has 0 bridgehead atoms. The van der Waals surface area contributed by atoms with E-state index in [2.05, 4.69) is 81.5 Å². The highest BCUT2D eigenvalue weighted by molar-refractivity contribution is 5.74. The number of carbonyl (C=O) groups is 4. The third-order valence-electron chi connectivity index (χ3n) is 15.1. The second kappa shape index (κ2) is 56.9. The van der Waals surface area contributed by atoms with Crippen molar-refractivity contribution < 1.29 is 58.2 Å². The molecule has 0 aromatic rings. The summed E-state index contributed by atoms with van der Waals surface area (Å²) in [4.78, 5) is 51.4. The average molecular weight is 1140 g/mol. The Bertz CT molecular complexity index is 1640. The molecule has 1 aliphatic heterocycles. The van der Waals surface area contributed by atoms with Gasteiger partial charge in [0.2, 0.25) is 0 Å². The largest absolute Gasteiger partial charge is 0.479 e. The van der Waals surface area contributed by atoms with Crippen molar-refractivity contribution in [3.8, 4) is 0 Å². The number of rotatable bonds is 57. The molecule has 468 valence electrons. The smallest absolute Gasteiger partial charge is 0.335 e. The van der Waals surface area contributed by atoms with E-state index in [0.717, 1.165) is 128 Å². The normalized spacial score (nSPS) is 18.1. The molecular formula is C69H120O12. The first kappa shape index (κ1) is 75.4. The molecule has 3 N–H and O–H groups in total. The molecule has 1 rings (SSSR count). The molecule has 0 aromatic heterocycles. The van der Waals surface area contributed by atoms with Gasteiger partial charge in [-0.1, -0.05) is 261 Å². The van der Waals surface area contributed by atoms with Gasteiger partial charge in [0.1, 0.15) is 18.8 Å². The molecule has 6 atom stereocenters. The lowest BCUT2D eigenvalue weighted by molar-refractivity contribution is -0.301. The number of carbonyl (C=O) groups excluding carboxylic acids is 3. The molecule has 0 spiro atoms. The van der Waals surface area contributed by atoms with E-state index in [1.54, 1.807) is 0 Å². The molecule has 1 heterocycles. The van der Waals surface area contributed by atoms with Crippen LogP contribution in [0.4, 0.5) is 0 Å². The predicted octanol–water partition coefficient (Wildman–Crippen LogP) is 17.9. The van der Waals surface area contributed by atoms with Crippen molar-refractivity contribution in [3.05, 3.63) is 60.8 Å². The number of hydrogen-bond donors (Lipinski definition) is 3. The van der Waals surface area contributed by atoms with Gasteiger partial charge in [0.25, 0.3) is 0 Å². The van der Waals surface area contributed by atoms with Gasteiger partial charge in [0.05, 0.1) is 6.61 Å². The van der Waals surface area contributed by atoms with E-state index in [0.29, 0.717) is 19.3 Å². The van der Waals surface area contributed by atoms with Crippen LogP contribution < -0.4 is 0 Å². The van der Waals surface area contributed by atoms with Crippen LogP contribution in [0.2, 0.25) is 0 Å². The zero-order valence-electron chi connectivity index (χ0n) is 51.8. The predicted molar refractivity (Wildman–Crippen MR) is 331 cm³/mol. The number of hydrogen-bond acceptors (Lipinski definition) is 11. The first-order valence-electron chi connectivity index (χ1n) is 33.3. The molecule has 0 amide bonds. The van der Waals surface area contributed by atoms with Gasteiger partial charge in [-0.15, -0.1) is 0 Å². The molecule has 0 radical (unpaired) electrons. The Morgan fingerprint density at radius 1 is 0.420 bits per heavy atom. The standard InChI is InChI=1S/C69H120O12/c1-4-7-10-13-16-19-22-25-28-31-34-37-40-43-46-49-52-55-61(70)77-58-60(79-62(71)56-53-50-47-44-41-38-35-32-29-26-23-20-17-14-11-8-5-2)59-78-69-67(65(74)64(73)66(81-69)68(75)76)80-63(72)57-54-51-48-45-42-39-36-33-30-27-24-21-18-15-12-9-6-3/h7,10,16,18-19,21,25,27-28,30,60,64-67,69,73-74H,4-6,8-9,11-15,17,20,22-24,26,29,31-59H2,1-3H3,(H,75,76)/b10-7-,19-16-,21-18-,28-25-,30-27-. The van der Waals surface area contributed by atoms with Gasteiger partial charge >= 0.3 is 23.9 Å². The van der Waals surface area contributed by atoms with Crippen molar-refractivity contribution in [2.24, 2.45) is 0 Å². The molecule has 12 nitrogen and oxygen atoms in total. The first-order valence-corrected chi connectivity index (χ1v) is 33.3. The number of carboxylic acids is 1.